The molecule has 3 aromatic rings. The highest BCUT2D eigenvalue weighted by atomic mass is 35.5. The number of hydrogen-bond donors (Lipinski definition) is 1. The number of benzene rings is 1. The fourth-order valence-corrected chi connectivity index (χ4v) is 3.43. The number of nitriles is 1. The summed E-state index contributed by atoms with van der Waals surface area (Å²) in [6.45, 7) is 0. The Labute approximate surface area is 139 Å². The number of carbonyl (C=O) groups is 1. The molecule has 0 atom stereocenters. The first kappa shape index (κ1) is 14.7. The zero-order valence-electron chi connectivity index (χ0n) is 11.0. The molecule has 0 spiro atoms. The van der Waals surface area contributed by atoms with Crippen LogP contribution < -0.4 is 5.32 Å². The van der Waals surface area contributed by atoms with Crippen LogP contribution in [0, 0.1) is 11.3 Å². The Kier molecular flexibility index (Phi) is 4.20. The topological polar surface area (TPSA) is 65.8 Å². The molecule has 1 N–H and O–H groups in total. The minimum atomic E-state index is -0.224. The molecule has 2 aromatic heterocycles. The first-order valence-electron chi connectivity index (χ1n) is 6.18. The number of carbonyl (C=O) groups excluding carboxylic acids is 1. The SMILES string of the molecule is N#Cc1ccc(-c2csc(NC(=O)c3ccc(Cl)s3)n2)cc1. The first-order chi connectivity index (χ1) is 10.7. The normalized spacial score (nSPS) is 10.2. The van der Waals surface area contributed by atoms with E-state index in [1.807, 2.05) is 17.5 Å². The quantitative estimate of drug-likeness (QED) is 0.751. The van der Waals surface area contributed by atoms with Gasteiger partial charge in [-0.3, -0.25) is 10.1 Å². The Hall–Kier alpha value is -2.20. The highest BCUT2D eigenvalue weighted by molar-refractivity contribution is 7.18. The summed E-state index contributed by atoms with van der Waals surface area (Å²) >= 11 is 8.39. The zero-order chi connectivity index (χ0) is 15.5. The first-order valence-corrected chi connectivity index (χ1v) is 8.26. The van der Waals surface area contributed by atoms with E-state index in [0.717, 1.165) is 11.3 Å². The van der Waals surface area contributed by atoms with Gasteiger partial charge in [0.1, 0.15) is 0 Å². The van der Waals surface area contributed by atoms with Gasteiger partial charge in [0.2, 0.25) is 0 Å². The van der Waals surface area contributed by atoms with Crippen LogP contribution in [0.2, 0.25) is 4.34 Å². The average molecular weight is 346 g/mol. The Bertz CT molecular complexity index is 862. The van der Waals surface area contributed by atoms with E-state index in [-0.39, 0.29) is 5.91 Å². The predicted molar refractivity (Wildman–Crippen MR) is 89.5 cm³/mol. The number of amides is 1. The molecular weight excluding hydrogens is 338 g/mol. The maximum Gasteiger partial charge on any atom is 0.267 e. The van der Waals surface area contributed by atoms with Gasteiger partial charge in [-0.2, -0.15) is 5.26 Å². The van der Waals surface area contributed by atoms with Crippen molar-refractivity contribution in [2.45, 2.75) is 0 Å². The van der Waals surface area contributed by atoms with Crippen LogP contribution in [0.3, 0.4) is 0 Å². The lowest BCUT2D eigenvalue weighted by atomic mass is 10.1. The summed E-state index contributed by atoms with van der Waals surface area (Å²) < 4.78 is 0.572. The summed E-state index contributed by atoms with van der Waals surface area (Å²) in [5.41, 5.74) is 2.26. The van der Waals surface area contributed by atoms with Gasteiger partial charge in [0, 0.05) is 10.9 Å². The van der Waals surface area contributed by atoms with Crippen molar-refractivity contribution in [1.29, 1.82) is 5.26 Å². The Morgan fingerprint density at radius 3 is 2.64 bits per heavy atom. The van der Waals surface area contributed by atoms with E-state index in [1.54, 1.807) is 24.3 Å². The smallest absolute Gasteiger partial charge is 0.267 e. The Morgan fingerprint density at radius 1 is 1.23 bits per heavy atom. The van der Waals surface area contributed by atoms with Crippen molar-refractivity contribution >= 4 is 45.3 Å². The molecule has 1 aromatic carbocycles. The number of halogens is 1. The van der Waals surface area contributed by atoms with Gasteiger partial charge >= 0.3 is 0 Å². The van der Waals surface area contributed by atoms with Gasteiger partial charge in [0.25, 0.3) is 5.91 Å². The van der Waals surface area contributed by atoms with Crippen molar-refractivity contribution in [1.82, 2.24) is 4.98 Å². The van der Waals surface area contributed by atoms with Crippen molar-refractivity contribution in [2.75, 3.05) is 5.32 Å². The molecule has 108 valence electrons. The second-order valence-electron chi connectivity index (χ2n) is 4.28. The highest BCUT2D eigenvalue weighted by Gasteiger charge is 2.12. The van der Waals surface area contributed by atoms with Crippen LogP contribution in [0.5, 0.6) is 0 Å². The maximum absolute atomic E-state index is 12.0. The van der Waals surface area contributed by atoms with E-state index in [0.29, 0.717) is 19.9 Å². The zero-order valence-corrected chi connectivity index (χ0v) is 13.4. The summed E-state index contributed by atoms with van der Waals surface area (Å²) in [5, 5.41) is 13.9. The molecule has 0 fully saturated rings. The summed E-state index contributed by atoms with van der Waals surface area (Å²) in [6, 6.07) is 12.6. The maximum atomic E-state index is 12.0. The second kappa shape index (κ2) is 6.28. The molecule has 0 aliphatic carbocycles. The Morgan fingerprint density at radius 2 is 2.00 bits per heavy atom. The van der Waals surface area contributed by atoms with Gasteiger partial charge in [0.15, 0.2) is 5.13 Å². The van der Waals surface area contributed by atoms with E-state index in [2.05, 4.69) is 16.4 Å². The minimum Gasteiger partial charge on any atom is -0.297 e. The highest BCUT2D eigenvalue weighted by Crippen LogP contribution is 2.27. The fraction of sp³-hybridized carbons (Fsp3) is 0. The molecule has 3 rings (SSSR count). The van der Waals surface area contributed by atoms with Crippen molar-refractivity contribution < 1.29 is 4.79 Å². The molecule has 4 nitrogen and oxygen atoms in total. The molecule has 7 heteroatoms. The lowest BCUT2D eigenvalue weighted by Gasteiger charge is -1.98. The van der Waals surface area contributed by atoms with Crippen LogP contribution in [0.4, 0.5) is 5.13 Å². The predicted octanol–water partition coefficient (Wildman–Crippen LogP) is 4.65. The molecule has 0 aliphatic rings. The van der Waals surface area contributed by atoms with E-state index < -0.39 is 0 Å². The van der Waals surface area contributed by atoms with Gasteiger partial charge in [-0.1, -0.05) is 23.7 Å². The molecule has 0 aliphatic heterocycles. The van der Waals surface area contributed by atoms with Crippen molar-refractivity contribution in [3.05, 3.63) is 56.6 Å². The number of nitrogens with zero attached hydrogens (tertiary/aromatic N) is 2. The number of thiazole rings is 1. The van der Waals surface area contributed by atoms with Crippen LogP contribution in [0.15, 0.2) is 41.8 Å². The van der Waals surface area contributed by atoms with Crippen molar-refractivity contribution in [3.63, 3.8) is 0 Å². The van der Waals surface area contributed by atoms with Crippen LogP contribution in [0.1, 0.15) is 15.2 Å². The van der Waals surface area contributed by atoms with Crippen LogP contribution >= 0.6 is 34.3 Å². The molecule has 0 saturated carbocycles. The lowest BCUT2D eigenvalue weighted by Crippen LogP contribution is -2.09. The molecule has 1 amide bonds. The Balaban J connectivity index is 1.76. The van der Waals surface area contributed by atoms with E-state index >= 15 is 0 Å². The number of thiophene rings is 1. The van der Waals surface area contributed by atoms with Gasteiger partial charge in [-0.25, -0.2) is 4.98 Å². The number of rotatable bonds is 3. The van der Waals surface area contributed by atoms with E-state index in [9.17, 15) is 4.79 Å². The van der Waals surface area contributed by atoms with Gasteiger partial charge < -0.3 is 0 Å². The largest absolute Gasteiger partial charge is 0.297 e. The van der Waals surface area contributed by atoms with Gasteiger partial charge in [-0.15, -0.1) is 22.7 Å². The monoisotopic (exact) mass is 345 g/mol. The fourth-order valence-electron chi connectivity index (χ4n) is 1.77. The van der Waals surface area contributed by atoms with Crippen LogP contribution in [0.25, 0.3) is 11.3 Å². The molecule has 0 unspecified atom stereocenters. The molecule has 0 radical (unpaired) electrons. The van der Waals surface area contributed by atoms with E-state index in [4.69, 9.17) is 16.9 Å². The van der Waals surface area contributed by atoms with Gasteiger partial charge in [-0.05, 0) is 24.3 Å². The number of nitrogens with one attached hydrogen (secondary N) is 1. The van der Waals surface area contributed by atoms with Crippen molar-refractivity contribution in [3.8, 4) is 17.3 Å². The number of aromatic nitrogens is 1. The second-order valence-corrected chi connectivity index (χ2v) is 6.86. The van der Waals surface area contributed by atoms with Crippen LogP contribution in [-0.4, -0.2) is 10.9 Å². The molecule has 0 bridgehead atoms. The standard InChI is InChI=1S/C15H8ClN3OS2/c16-13-6-5-12(22-13)14(20)19-15-18-11(8-21-15)10-3-1-9(7-17)2-4-10/h1-6,8H,(H,18,19,20). The number of anilines is 1. The average Bonchev–Trinajstić information content (AvgIpc) is 3.16. The third kappa shape index (κ3) is 3.17. The van der Waals surface area contributed by atoms with Crippen molar-refractivity contribution in [2.24, 2.45) is 0 Å². The molecular formula is C15H8ClN3OS2. The van der Waals surface area contributed by atoms with Gasteiger partial charge in [0.05, 0.1) is 26.5 Å². The molecule has 22 heavy (non-hydrogen) atoms. The third-order valence-electron chi connectivity index (χ3n) is 2.83. The lowest BCUT2D eigenvalue weighted by molar-refractivity contribution is 0.103. The molecule has 2 heterocycles. The summed E-state index contributed by atoms with van der Waals surface area (Å²) in [4.78, 5) is 17.0. The van der Waals surface area contributed by atoms with Crippen LogP contribution in [-0.2, 0) is 0 Å². The summed E-state index contributed by atoms with van der Waals surface area (Å²) in [5.74, 6) is -0.224. The number of hydrogen-bond acceptors (Lipinski definition) is 5. The minimum absolute atomic E-state index is 0.224. The van der Waals surface area contributed by atoms with E-state index in [1.165, 1.54) is 22.7 Å². The third-order valence-corrected chi connectivity index (χ3v) is 4.82. The summed E-state index contributed by atoms with van der Waals surface area (Å²) in [6.07, 6.45) is 0. The molecule has 0 saturated heterocycles. The summed E-state index contributed by atoms with van der Waals surface area (Å²) in [7, 11) is 0.